The predicted molar refractivity (Wildman–Crippen MR) is 82.3 cm³/mol. The summed E-state index contributed by atoms with van der Waals surface area (Å²) >= 11 is 0. The van der Waals surface area contributed by atoms with Crippen LogP contribution in [0.15, 0.2) is 36.7 Å². The van der Waals surface area contributed by atoms with Gasteiger partial charge >= 0.3 is 6.18 Å². The summed E-state index contributed by atoms with van der Waals surface area (Å²) in [5.74, 6) is 0.265. The third-order valence-electron chi connectivity index (χ3n) is 3.83. The molecule has 0 spiro atoms. The number of alkyl halides is 3. The minimum Gasteiger partial charge on any atom is -0.236 e. The molecular formula is C17H16F3N3. The van der Waals surface area contributed by atoms with E-state index < -0.39 is 11.7 Å². The molecule has 0 fully saturated rings. The Labute approximate surface area is 131 Å². The van der Waals surface area contributed by atoms with E-state index in [1.165, 1.54) is 12.1 Å². The van der Waals surface area contributed by atoms with Gasteiger partial charge in [0.15, 0.2) is 5.65 Å². The lowest BCUT2D eigenvalue weighted by Gasteiger charge is -2.11. The number of halogens is 3. The third kappa shape index (κ3) is 2.69. The Morgan fingerprint density at radius 3 is 2.26 bits per heavy atom. The Kier molecular flexibility index (Phi) is 3.62. The van der Waals surface area contributed by atoms with E-state index in [2.05, 4.69) is 23.9 Å². The van der Waals surface area contributed by atoms with Crippen molar-refractivity contribution < 1.29 is 13.2 Å². The summed E-state index contributed by atoms with van der Waals surface area (Å²) < 4.78 is 39.8. The van der Waals surface area contributed by atoms with Gasteiger partial charge in [-0.1, -0.05) is 26.0 Å². The molecule has 23 heavy (non-hydrogen) atoms. The maximum Gasteiger partial charge on any atom is 0.416 e. The Balaban J connectivity index is 2.13. The molecule has 3 rings (SSSR count). The maximum atomic E-state index is 12.7. The first-order valence-electron chi connectivity index (χ1n) is 7.30. The number of hydrogen-bond donors (Lipinski definition) is 0. The highest BCUT2D eigenvalue weighted by Gasteiger charge is 2.30. The molecule has 0 atom stereocenters. The number of aryl methyl sites for hydroxylation is 1. The lowest BCUT2D eigenvalue weighted by atomic mass is 10.0. The van der Waals surface area contributed by atoms with E-state index in [9.17, 15) is 13.2 Å². The first kappa shape index (κ1) is 15.5. The molecule has 0 radical (unpaired) electrons. The van der Waals surface area contributed by atoms with E-state index in [1.54, 1.807) is 16.9 Å². The van der Waals surface area contributed by atoms with Crippen molar-refractivity contribution in [1.82, 2.24) is 14.6 Å². The molecule has 0 unspecified atom stereocenters. The maximum absolute atomic E-state index is 12.7. The molecule has 0 bridgehead atoms. The fraction of sp³-hybridized carbons (Fsp3) is 0.294. The molecule has 0 saturated heterocycles. The van der Waals surface area contributed by atoms with Gasteiger partial charge in [0.1, 0.15) is 0 Å². The lowest BCUT2D eigenvalue weighted by molar-refractivity contribution is -0.137. The van der Waals surface area contributed by atoms with E-state index in [0.717, 1.165) is 29.0 Å². The third-order valence-corrected chi connectivity index (χ3v) is 3.83. The molecule has 0 aliphatic carbocycles. The molecule has 0 N–H and O–H groups in total. The number of benzene rings is 1. The number of fused-ring (bicyclic) bond motifs is 1. The smallest absolute Gasteiger partial charge is 0.236 e. The van der Waals surface area contributed by atoms with Gasteiger partial charge in [0.2, 0.25) is 0 Å². The van der Waals surface area contributed by atoms with Crippen LogP contribution in [0.3, 0.4) is 0 Å². The molecule has 1 aromatic carbocycles. The minimum absolute atomic E-state index is 0.265. The van der Waals surface area contributed by atoms with Crippen molar-refractivity contribution >= 4 is 5.65 Å². The monoisotopic (exact) mass is 319 g/mol. The van der Waals surface area contributed by atoms with Crippen LogP contribution in [0.25, 0.3) is 16.8 Å². The van der Waals surface area contributed by atoms with Crippen molar-refractivity contribution in [3.63, 3.8) is 0 Å². The average Bonchev–Trinajstić information content (AvgIpc) is 2.89. The summed E-state index contributed by atoms with van der Waals surface area (Å²) in [5.41, 5.74) is 3.46. The topological polar surface area (TPSA) is 30.2 Å². The SMILES string of the molecule is Cc1cnc2c(-c3ccc(C(F)(F)F)cc3)cnn2c1C(C)C. The van der Waals surface area contributed by atoms with Crippen molar-refractivity contribution in [3.05, 3.63) is 53.5 Å². The molecule has 6 heteroatoms. The Hall–Kier alpha value is -2.37. The zero-order chi connectivity index (χ0) is 16.8. The Morgan fingerprint density at radius 1 is 1.04 bits per heavy atom. The molecule has 0 aliphatic rings. The summed E-state index contributed by atoms with van der Waals surface area (Å²) in [7, 11) is 0. The zero-order valence-corrected chi connectivity index (χ0v) is 13.0. The molecule has 0 amide bonds. The van der Waals surface area contributed by atoms with Crippen LogP contribution in [-0.2, 0) is 6.18 Å². The van der Waals surface area contributed by atoms with Gasteiger partial charge in [-0.2, -0.15) is 18.3 Å². The van der Waals surface area contributed by atoms with Gasteiger partial charge in [-0.05, 0) is 36.1 Å². The van der Waals surface area contributed by atoms with Crippen LogP contribution in [-0.4, -0.2) is 14.6 Å². The highest BCUT2D eigenvalue weighted by atomic mass is 19.4. The van der Waals surface area contributed by atoms with Crippen LogP contribution >= 0.6 is 0 Å². The predicted octanol–water partition coefficient (Wildman–Crippen LogP) is 4.85. The quantitative estimate of drug-likeness (QED) is 0.676. The van der Waals surface area contributed by atoms with Gasteiger partial charge in [0.25, 0.3) is 0 Å². The van der Waals surface area contributed by atoms with E-state index >= 15 is 0 Å². The van der Waals surface area contributed by atoms with E-state index in [1.807, 2.05) is 6.92 Å². The minimum atomic E-state index is -4.33. The largest absolute Gasteiger partial charge is 0.416 e. The fourth-order valence-electron chi connectivity index (χ4n) is 2.78. The van der Waals surface area contributed by atoms with Crippen molar-refractivity contribution in [2.75, 3.05) is 0 Å². The summed E-state index contributed by atoms with van der Waals surface area (Å²) in [6, 6.07) is 5.07. The van der Waals surface area contributed by atoms with Gasteiger partial charge in [-0.15, -0.1) is 0 Å². The summed E-state index contributed by atoms with van der Waals surface area (Å²) in [4.78, 5) is 4.41. The van der Waals surface area contributed by atoms with E-state index in [-0.39, 0.29) is 5.92 Å². The first-order chi connectivity index (χ1) is 10.8. The standard InChI is InChI=1S/C17H16F3N3/c1-10(2)15-11(3)8-21-16-14(9-22-23(15)16)12-4-6-13(7-5-12)17(18,19)20/h4-10H,1-3H3. The fourth-order valence-corrected chi connectivity index (χ4v) is 2.78. The van der Waals surface area contributed by atoms with Crippen LogP contribution in [0.1, 0.15) is 36.6 Å². The van der Waals surface area contributed by atoms with Crippen molar-refractivity contribution in [1.29, 1.82) is 0 Å². The second kappa shape index (κ2) is 5.37. The Bertz CT molecular complexity index is 846. The molecular weight excluding hydrogens is 303 g/mol. The highest BCUT2D eigenvalue weighted by Crippen LogP contribution is 2.32. The molecule has 120 valence electrons. The average molecular weight is 319 g/mol. The molecule has 2 aromatic heterocycles. The molecule has 3 nitrogen and oxygen atoms in total. The Morgan fingerprint density at radius 2 is 1.70 bits per heavy atom. The van der Waals surface area contributed by atoms with Crippen molar-refractivity contribution in [2.24, 2.45) is 0 Å². The number of rotatable bonds is 2. The van der Waals surface area contributed by atoms with Crippen molar-refractivity contribution in [3.8, 4) is 11.1 Å². The molecule has 2 heterocycles. The van der Waals surface area contributed by atoms with E-state index in [4.69, 9.17) is 0 Å². The molecule has 0 saturated carbocycles. The van der Waals surface area contributed by atoms with Gasteiger partial charge in [-0.3, -0.25) is 0 Å². The van der Waals surface area contributed by atoms with Crippen LogP contribution in [0, 0.1) is 6.92 Å². The number of hydrogen-bond acceptors (Lipinski definition) is 2. The number of aromatic nitrogens is 3. The van der Waals surface area contributed by atoms with Crippen LogP contribution in [0.2, 0.25) is 0 Å². The zero-order valence-electron chi connectivity index (χ0n) is 13.0. The first-order valence-corrected chi connectivity index (χ1v) is 7.30. The second-order valence-corrected chi connectivity index (χ2v) is 5.85. The lowest BCUT2D eigenvalue weighted by Crippen LogP contribution is -2.05. The summed E-state index contributed by atoms with van der Waals surface area (Å²) in [6.45, 7) is 6.11. The van der Waals surface area contributed by atoms with Gasteiger partial charge in [0.05, 0.1) is 17.5 Å². The molecule has 0 aliphatic heterocycles. The normalized spacial score (nSPS) is 12.3. The van der Waals surface area contributed by atoms with Gasteiger partial charge in [0, 0.05) is 11.8 Å². The van der Waals surface area contributed by atoms with E-state index in [0.29, 0.717) is 11.2 Å². The number of nitrogens with zero attached hydrogens (tertiary/aromatic N) is 3. The highest BCUT2D eigenvalue weighted by molar-refractivity contribution is 5.77. The van der Waals surface area contributed by atoms with Gasteiger partial charge < -0.3 is 0 Å². The summed E-state index contributed by atoms with van der Waals surface area (Å²) in [6.07, 6.45) is -0.907. The van der Waals surface area contributed by atoms with Gasteiger partial charge in [-0.25, -0.2) is 9.50 Å². The van der Waals surface area contributed by atoms with Crippen LogP contribution < -0.4 is 0 Å². The van der Waals surface area contributed by atoms with Crippen molar-refractivity contribution in [2.45, 2.75) is 32.9 Å². The van der Waals surface area contributed by atoms with Crippen LogP contribution in [0.5, 0.6) is 0 Å². The second-order valence-electron chi connectivity index (χ2n) is 5.85. The summed E-state index contributed by atoms with van der Waals surface area (Å²) in [5, 5.41) is 4.38. The molecule has 3 aromatic rings. The van der Waals surface area contributed by atoms with Crippen LogP contribution in [0.4, 0.5) is 13.2 Å².